The Bertz CT molecular complexity index is 868. The molecular formula is C19H19ClFNO2. The van der Waals surface area contributed by atoms with E-state index in [1.165, 1.54) is 0 Å². The summed E-state index contributed by atoms with van der Waals surface area (Å²) in [5.74, 6) is -0.919. The van der Waals surface area contributed by atoms with Crippen LogP contribution in [0, 0.1) is 0 Å². The van der Waals surface area contributed by atoms with Crippen LogP contribution < -0.4 is 5.73 Å². The molecule has 3 aromatic carbocycles. The van der Waals surface area contributed by atoms with Crippen molar-refractivity contribution >= 4 is 39.9 Å². The van der Waals surface area contributed by atoms with Crippen molar-refractivity contribution in [2.24, 2.45) is 5.73 Å². The third kappa shape index (κ3) is 3.21. The summed E-state index contributed by atoms with van der Waals surface area (Å²) in [7, 11) is 0. The molecule has 24 heavy (non-hydrogen) atoms. The summed E-state index contributed by atoms with van der Waals surface area (Å²) in [6, 6.07) is 16.3. The Morgan fingerprint density at radius 3 is 2.33 bits per heavy atom. The normalized spacial score (nSPS) is 13.3. The van der Waals surface area contributed by atoms with Crippen LogP contribution in [-0.4, -0.2) is 18.7 Å². The average molecular weight is 348 g/mol. The van der Waals surface area contributed by atoms with E-state index in [4.69, 9.17) is 10.5 Å². The minimum Gasteiger partial charge on any atom is -0.464 e. The summed E-state index contributed by atoms with van der Waals surface area (Å²) in [6.07, 6.45) is -1.89. The standard InChI is InChI=1S/C19H18FNO2.ClH/c1-2-23-19(22)17(20)18(21)16-11-12-7-3-4-8-13(12)14-9-5-6-10-15(14)16;/h3-11,17-18H,2,21H2,1H3;1H/t17?,18-;/m0./s1. The largest absolute Gasteiger partial charge is 0.464 e. The molecule has 0 bridgehead atoms. The highest BCUT2D eigenvalue weighted by Crippen LogP contribution is 2.33. The van der Waals surface area contributed by atoms with Crippen molar-refractivity contribution in [3.63, 3.8) is 0 Å². The molecule has 1 unspecified atom stereocenters. The number of hydrogen-bond acceptors (Lipinski definition) is 3. The van der Waals surface area contributed by atoms with Gasteiger partial charge < -0.3 is 10.5 Å². The number of fused-ring (bicyclic) bond motifs is 3. The number of nitrogens with two attached hydrogens (primary N) is 1. The SMILES string of the molecule is CCOC(=O)C(F)[C@@H](N)c1cc2ccccc2c2ccccc12.Cl. The zero-order valence-electron chi connectivity index (χ0n) is 13.2. The van der Waals surface area contributed by atoms with Crippen molar-refractivity contribution in [1.82, 2.24) is 0 Å². The van der Waals surface area contributed by atoms with Crippen LogP contribution >= 0.6 is 12.4 Å². The minimum absolute atomic E-state index is 0. The molecule has 0 heterocycles. The summed E-state index contributed by atoms with van der Waals surface area (Å²) < 4.78 is 19.1. The van der Waals surface area contributed by atoms with E-state index in [1.807, 2.05) is 54.6 Å². The molecule has 0 saturated heterocycles. The van der Waals surface area contributed by atoms with Gasteiger partial charge in [-0.05, 0) is 40.1 Å². The molecule has 3 nitrogen and oxygen atoms in total. The minimum atomic E-state index is -1.89. The van der Waals surface area contributed by atoms with Crippen LogP contribution in [0.1, 0.15) is 18.5 Å². The third-order valence-electron chi connectivity index (χ3n) is 3.99. The van der Waals surface area contributed by atoms with Crippen LogP contribution in [0.2, 0.25) is 0 Å². The Kier molecular flexibility index (Phi) is 5.75. The van der Waals surface area contributed by atoms with E-state index in [0.717, 1.165) is 21.5 Å². The Morgan fingerprint density at radius 2 is 1.67 bits per heavy atom. The number of carbonyl (C=O) groups excluding carboxylic acids is 1. The molecule has 2 atom stereocenters. The molecule has 0 aliphatic carbocycles. The van der Waals surface area contributed by atoms with Crippen LogP contribution in [0.15, 0.2) is 54.6 Å². The molecule has 0 aliphatic rings. The molecule has 0 spiro atoms. The topological polar surface area (TPSA) is 52.3 Å². The third-order valence-corrected chi connectivity index (χ3v) is 3.99. The number of halogens is 2. The maximum atomic E-state index is 14.4. The highest BCUT2D eigenvalue weighted by molar-refractivity contribution is 6.09. The van der Waals surface area contributed by atoms with Gasteiger partial charge in [0.05, 0.1) is 12.6 Å². The van der Waals surface area contributed by atoms with E-state index in [1.54, 1.807) is 6.92 Å². The van der Waals surface area contributed by atoms with Crippen LogP contribution in [0.5, 0.6) is 0 Å². The van der Waals surface area contributed by atoms with Crippen molar-refractivity contribution in [3.8, 4) is 0 Å². The van der Waals surface area contributed by atoms with Gasteiger partial charge >= 0.3 is 5.97 Å². The van der Waals surface area contributed by atoms with Crippen LogP contribution in [-0.2, 0) is 9.53 Å². The molecule has 126 valence electrons. The number of benzene rings is 3. The molecule has 0 amide bonds. The van der Waals surface area contributed by atoms with Crippen LogP contribution in [0.25, 0.3) is 21.5 Å². The van der Waals surface area contributed by atoms with Crippen molar-refractivity contribution < 1.29 is 13.9 Å². The van der Waals surface area contributed by atoms with Gasteiger partial charge in [0, 0.05) is 0 Å². The molecule has 0 aliphatic heterocycles. The number of hydrogen-bond donors (Lipinski definition) is 1. The molecule has 0 aromatic heterocycles. The molecule has 0 radical (unpaired) electrons. The van der Waals surface area contributed by atoms with Gasteiger partial charge in [0.15, 0.2) is 0 Å². The lowest BCUT2D eigenvalue weighted by Crippen LogP contribution is -2.31. The Labute approximate surface area is 146 Å². The van der Waals surface area contributed by atoms with Gasteiger partial charge in [-0.1, -0.05) is 48.5 Å². The predicted molar refractivity (Wildman–Crippen MR) is 97.2 cm³/mol. The highest BCUT2D eigenvalue weighted by atomic mass is 35.5. The lowest BCUT2D eigenvalue weighted by molar-refractivity contribution is -0.149. The van der Waals surface area contributed by atoms with Crippen molar-refractivity contribution in [1.29, 1.82) is 0 Å². The fraction of sp³-hybridized carbons (Fsp3) is 0.211. The number of ether oxygens (including phenoxy) is 1. The lowest BCUT2D eigenvalue weighted by atomic mass is 9.92. The Hall–Kier alpha value is -2.17. The Morgan fingerprint density at radius 1 is 1.08 bits per heavy atom. The van der Waals surface area contributed by atoms with Crippen LogP contribution in [0.4, 0.5) is 4.39 Å². The zero-order valence-corrected chi connectivity index (χ0v) is 14.1. The first kappa shape index (κ1) is 18.2. The lowest BCUT2D eigenvalue weighted by Gasteiger charge is -2.19. The fourth-order valence-corrected chi connectivity index (χ4v) is 2.89. The van der Waals surface area contributed by atoms with Gasteiger partial charge in [-0.3, -0.25) is 0 Å². The molecule has 0 fully saturated rings. The number of carbonyl (C=O) groups is 1. The zero-order chi connectivity index (χ0) is 16.4. The second-order valence-corrected chi connectivity index (χ2v) is 5.41. The van der Waals surface area contributed by atoms with Gasteiger partial charge in [-0.25, -0.2) is 9.18 Å². The maximum absolute atomic E-state index is 14.4. The van der Waals surface area contributed by atoms with Gasteiger partial charge in [-0.2, -0.15) is 0 Å². The van der Waals surface area contributed by atoms with Gasteiger partial charge in [0.2, 0.25) is 6.17 Å². The van der Waals surface area contributed by atoms with Crippen molar-refractivity contribution in [2.75, 3.05) is 6.61 Å². The maximum Gasteiger partial charge on any atom is 0.342 e. The fourth-order valence-electron chi connectivity index (χ4n) is 2.89. The van der Waals surface area contributed by atoms with Crippen molar-refractivity contribution in [2.45, 2.75) is 19.1 Å². The quantitative estimate of drug-likeness (QED) is 0.565. The Balaban J connectivity index is 0.00000208. The summed E-state index contributed by atoms with van der Waals surface area (Å²) in [5.41, 5.74) is 6.66. The summed E-state index contributed by atoms with van der Waals surface area (Å²) in [6.45, 7) is 1.77. The number of alkyl halides is 1. The van der Waals surface area contributed by atoms with Gasteiger partial charge in [0.1, 0.15) is 0 Å². The second-order valence-electron chi connectivity index (χ2n) is 5.41. The number of esters is 1. The molecule has 2 N–H and O–H groups in total. The highest BCUT2D eigenvalue weighted by Gasteiger charge is 2.29. The van der Waals surface area contributed by atoms with E-state index >= 15 is 0 Å². The summed E-state index contributed by atoms with van der Waals surface area (Å²) in [5, 5.41) is 3.89. The first-order chi connectivity index (χ1) is 11.1. The van der Waals surface area contributed by atoms with E-state index in [0.29, 0.717) is 5.56 Å². The second kappa shape index (κ2) is 7.60. The molecule has 0 saturated carbocycles. The molecule has 3 rings (SSSR count). The van der Waals surface area contributed by atoms with Crippen molar-refractivity contribution in [3.05, 3.63) is 60.2 Å². The van der Waals surface area contributed by atoms with Crippen LogP contribution in [0.3, 0.4) is 0 Å². The average Bonchev–Trinajstić information content (AvgIpc) is 2.60. The van der Waals surface area contributed by atoms with E-state index < -0.39 is 18.2 Å². The van der Waals surface area contributed by atoms with E-state index in [2.05, 4.69) is 0 Å². The number of rotatable bonds is 4. The molecule has 5 heteroatoms. The molecular weight excluding hydrogens is 329 g/mol. The van der Waals surface area contributed by atoms with E-state index in [-0.39, 0.29) is 19.0 Å². The molecule has 3 aromatic rings. The van der Waals surface area contributed by atoms with Gasteiger partial charge in [0.25, 0.3) is 0 Å². The first-order valence-corrected chi connectivity index (χ1v) is 7.60. The monoisotopic (exact) mass is 347 g/mol. The summed E-state index contributed by atoms with van der Waals surface area (Å²) in [4.78, 5) is 11.7. The predicted octanol–water partition coefficient (Wildman–Crippen LogP) is 4.32. The summed E-state index contributed by atoms with van der Waals surface area (Å²) >= 11 is 0. The van der Waals surface area contributed by atoms with E-state index in [9.17, 15) is 9.18 Å². The van der Waals surface area contributed by atoms with Gasteiger partial charge in [-0.15, -0.1) is 12.4 Å². The smallest absolute Gasteiger partial charge is 0.342 e. The first-order valence-electron chi connectivity index (χ1n) is 7.60.